The fraction of sp³-hybridized carbons (Fsp3) is 0.550. The van der Waals surface area contributed by atoms with Crippen molar-refractivity contribution in [2.75, 3.05) is 31.5 Å². The molecule has 0 saturated heterocycles. The number of hydrogen-bond donors (Lipinski definition) is 1. The Bertz CT molecular complexity index is 771. The van der Waals surface area contributed by atoms with Gasteiger partial charge in [0.15, 0.2) is 0 Å². The molecule has 152 valence electrons. The lowest BCUT2D eigenvalue weighted by Crippen LogP contribution is -2.42. The number of amides is 1. The molecule has 7 heteroatoms. The largest absolute Gasteiger partial charge is 0.325 e. The van der Waals surface area contributed by atoms with Gasteiger partial charge in [-0.05, 0) is 45.0 Å². The molecule has 1 aromatic rings. The number of nitrogens with zero attached hydrogens (tertiary/aromatic N) is 2. The van der Waals surface area contributed by atoms with E-state index in [0.717, 1.165) is 12.1 Å². The quantitative estimate of drug-likeness (QED) is 0.618. The normalized spacial score (nSPS) is 13.0. The predicted molar refractivity (Wildman–Crippen MR) is 111 cm³/mol. The van der Waals surface area contributed by atoms with E-state index in [4.69, 9.17) is 0 Å². The fourth-order valence-corrected chi connectivity index (χ4v) is 4.65. The van der Waals surface area contributed by atoms with Crippen LogP contribution in [0.15, 0.2) is 35.2 Å². The van der Waals surface area contributed by atoms with Gasteiger partial charge in [-0.2, -0.15) is 4.31 Å². The van der Waals surface area contributed by atoms with Crippen LogP contribution in [-0.4, -0.2) is 55.8 Å². The van der Waals surface area contributed by atoms with E-state index in [1.807, 2.05) is 39.5 Å². The van der Waals surface area contributed by atoms with E-state index in [1.165, 1.54) is 4.31 Å². The molecule has 0 fully saturated rings. The van der Waals surface area contributed by atoms with Gasteiger partial charge in [0.25, 0.3) is 0 Å². The molecule has 0 saturated carbocycles. The zero-order chi connectivity index (χ0) is 20.8. The highest BCUT2D eigenvalue weighted by Crippen LogP contribution is 2.24. The van der Waals surface area contributed by atoms with Crippen LogP contribution in [0.5, 0.6) is 0 Å². The summed E-state index contributed by atoms with van der Waals surface area (Å²) in [5.74, 6) is -0.173. The summed E-state index contributed by atoms with van der Waals surface area (Å²) in [4.78, 5) is 14.9. The standard InChI is InChI=1S/C20H33N3O3S/c1-8-22(14-15(4)5)17(7)20(24)21-18-12-11-16(6)19(13-18)27(25,26)23(9-2)10-3/h11-13,17H,4,8-10,14H2,1-3,5-7H3,(H,21,24). The maximum atomic E-state index is 12.9. The summed E-state index contributed by atoms with van der Waals surface area (Å²) in [6.45, 7) is 17.2. The van der Waals surface area contributed by atoms with Crippen LogP contribution in [0.4, 0.5) is 5.69 Å². The third-order valence-electron chi connectivity index (χ3n) is 4.59. The number of carbonyl (C=O) groups excluding carboxylic acids is 1. The lowest BCUT2D eigenvalue weighted by Gasteiger charge is -2.27. The Labute approximate surface area is 164 Å². The second kappa shape index (κ2) is 10.0. The van der Waals surface area contributed by atoms with Gasteiger partial charge in [-0.1, -0.05) is 39.0 Å². The summed E-state index contributed by atoms with van der Waals surface area (Å²) in [6.07, 6.45) is 0. The lowest BCUT2D eigenvalue weighted by molar-refractivity contribution is -0.120. The minimum absolute atomic E-state index is 0.173. The summed E-state index contributed by atoms with van der Waals surface area (Å²) in [5.41, 5.74) is 2.12. The van der Waals surface area contributed by atoms with E-state index in [9.17, 15) is 13.2 Å². The molecule has 0 aliphatic heterocycles. The van der Waals surface area contributed by atoms with Gasteiger partial charge in [-0.15, -0.1) is 0 Å². The average molecular weight is 396 g/mol. The highest BCUT2D eigenvalue weighted by molar-refractivity contribution is 7.89. The second-order valence-corrected chi connectivity index (χ2v) is 8.66. The third kappa shape index (κ3) is 5.89. The highest BCUT2D eigenvalue weighted by atomic mass is 32.2. The van der Waals surface area contributed by atoms with E-state index in [-0.39, 0.29) is 16.8 Å². The van der Waals surface area contributed by atoms with Crippen molar-refractivity contribution in [3.05, 3.63) is 35.9 Å². The van der Waals surface area contributed by atoms with E-state index in [1.54, 1.807) is 25.1 Å². The molecule has 1 aromatic carbocycles. The smallest absolute Gasteiger partial charge is 0.243 e. The first-order valence-electron chi connectivity index (χ1n) is 9.38. The lowest BCUT2D eigenvalue weighted by atomic mass is 10.2. The maximum absolute atomic E-state index is 12.9. The van der Waals surface area contributed by atoms with Crippen molar-refractivity contribution in [2.24, 2.45) is 0 Å². The van der Waals surface area contributed by atoms with Gasteiger partial charge in [0, 0.05) is 25.3 Å². The number of sulfonamides is 1. The van der Waals surface area contributed by atoms with Crippen LogP contribution in [0.1, 0.15) is 40.2 Å². The Kier molecular flexibility index (Phi) is 8.65. The van der Waals surface area contributed by atoms with Crippen LogP contribution in [0.2, 0.25) is 0 Å². The summed E-state index contributed by atoms with van der Waals surface area (Å²) in [6, 6.07) is 4.65. The summed E-state index contributed by atoms with van der Waals surface area (Å²) >= 11 is 0. The van der Waals surface area contributed by atoms with Crippen LogP contribution >= 0.6 is 0 Å². The molecule has 0 aliphatic carbocycles. The van der Waals surface area contributed by atoms with Crippen LogP contribution in [-0.2, 0) is 14.8 Å². The molecule has 0 aromatic heterocycles. The first kappa shape index (κ1) is 23.3. The van der Waals surface area contributed by atoms with Crippen molar-refractivity contribution in [2.45, 2.75) is 52.5 Å². The number of anilines is 1. The molecular formula is C20H33N3O3S. The van der Waals surface area contributed by atoms with Crippen molar-refractivity contribution < 1.29 is 13.2 Å². The Hall–Kier alpha value is -1.70. The number of aryl methyl sites for hydroxylation is 1. The van der Waals surface area contributed by atoms with Gasteiger partial charge < -0.3 is 5.32 Å². The molecule has 0 heterocycles. The number of rotatable bonds is 10. The van der Waals surface area contributed by atoms with Crippen molar-refractivity contribution in [3.63, 3.8) is 0 Å². The van der Waals surface area contributed by atoms with E-state index >= 15 is 0 Å². The molecule has 1 N–H and O–H groups in total. The van der Waals surface area contributed by atoms with Gasteiger partial charge >= 0.3 is 0 Å². The molecule has 1 unspecified atom stereocenters. The second-order valence-electron chi connectivity index (χ2n) is 6.76. The molecular weight excluding hydrogens is 362 g/mol. The van der Waals surface area contributed by atoms with Crippen molar-refractivity contribution in [1.29, 1.82) is 0 Å². The first-order chi connectivity index (χ1) is 12.6. The van der Waals surface area contributed by atoms with Gasteiger partial charge in [0.05, 0.1) is 10.9 Å². The number of carbonyl (C=O) groups is 1. The van der Waals surface area contributed by atoms with Crippen molar-refractivity contribution >= 4 is 21.6 Å². The molecule has 0 spiro atoms. The maximum Gasteiger partial charge on any atom is 0.243 e. The molecule has 0 bridgehead atoms. The zero-order valence-electron chi connectivity index (χ0n) is 17.4. The number of likely N-dealkylation sites (N-methyl/N-ethyl adjacent to an activating group) is 1. The van der Waals surface area contributed by atoms with Crippen LogP contribution in [0.25, 0.3) is 0 Å². The van der Waals surface area contributed by atoms with Crippen LogP contribution in [0, 0.1) is 6.92 Å². The molecule has 0 aliphatic rings. The predicted octanol–water partition coefficient (Wildman–Crippen LogP) is 3.25. The van der Waals surface area contributed by atoms with Gasteiger partial charge in [-0.25, -0.2) is 8.42 Å². The Morgan fingerprint density at radius 3 is 2.26 bits per heavy atom. The monoisotopic (exact) mass is 395 g/mol. The Balaban J connectivity index is 3.10. The molecule has 6 nitrogen and oxygen atoms in total. The number of hydrogen-bond acceptors (Lipinski definition) is 4. The summed E-state index contributed by atoms with van der Waals surface area (Å²) < 4.78 is 27.1. The SMILES string of the molecule is C=C(C)CN(CC)C(C)C(=O)Nc1ccc(C)c(S(=O)(=O)N(CC)CC)c1. The minimum Gasteiger partial charge on any atom is -0.325 e. The van der Waals surface area contributed by atoms with Crippen molar-refractivity contribution in [1.82, 2.24) is 9.21 Å². The Morgan fingerprint density at radius 1 is 1.19 bits per heavy atom. The van der Waals surface area contributed by atoms with E-state index in [0.29, 0.717) is 30.9 Å². The van der Waals surface area contributed by atoms with Gasteiger partial charge in [0.1, 0.15) is 0 Å². The van der Waals surface area contributed by atoms with Crippen LogP contribution in [0.3, 0.4) is 0 Å². The zero-order valence-corrected chi connectivity index (χ0v) is 18.2. The molecule has 0 radical (unpaired) electrons. The fourth-order valence-electron chi connectivity index (χ4n) is 2.94. The number of benzene rings is 1. The third-order valence-corrected chi connectivity index (χ3v) is 6.78. The number of nitrogens with one attached hydrogen (secondary N) is 1. The van der Waals surface area contributed by atoms with Gasteiger partial charge in [0.2, 0.25) is 15.9 Å². The molecule has 1 rings (SSSR count). The summed E-state index contributed by atoms with van der Waals surface area (Å²) in [7, 11) is -3.59. The average Bonchev–Trinajstić information content (AvgIpc) is 2.61. The van der Waals surface area contributed by atoms with Gasteiger partial charge in [-0.3, -0.25) is 9.69 Å². The Morgan fingerprint density at radius 2 is 1.78 bits per heavy atom. The molecule has 27 heavy (non-hydrogen) atoms. The minimum atomic E-state index is -3.59. The topological polar surface area (TPSA) is 69.7 Å². The van der Waals surface area contributed by atoms with E-state index < -0.39 is 10.0 Å². The van der Waals surface area contributed by atoms with Crippen LogP contribution < -0.4 is 5.32 Å². The molecule has 1 atom stereocenters. The van der Waals surface area contributed by atoms with E-state index in [2.05, 4.69) is 11.9 Å². The highest BCUT2D eigenvalue weighted by Gasteiger charge is 2.25. The summed E-state index contributed by atoms with van der Waals surface area (Å²) in [5, 5.41) is 2.85. The first-order valence-corrected chi connectivity index (χ1v) is 10.8. The van der Waals surface area contributed by atoms with Crippen molar-refractivity contribution in [3.8, 4) is 0 Å². The molecule has 1 amide bonds.